The van der Waals surface area contributed by atoms with Gasteiger partial charge in [0.15, 0.2) is 0 Å². The van der Waals surface area contributed by atoms with E-state index in [1.54, 1.807) is 0 Å². The van der Waals surface area contributed by atoms with E-state index < -0.39 is 0 Å². The molecule has 0 aliphatic carbocycles. The molecule has 0 aromatic heterocycles. The summed E-state index contributed by atoms with van der Waals surface area (Å²) in [7, 11) is 0. The van der Waals surface area contributed by atoms with E-state index in [1.165, 1.54) is 225 Å². The second-order valence-electron chi connectivity index (χ2n) is 14.6. The first-order chi connectivity index (χ1) is 20.2. The Labute approximate surface area is 263 Å². The van der Waals surface area contributed by atoms with Crippen molar-refractivity contribution in [2.45, 2.75) is 252 Å². The van der Waals surface area contributed by atoms with Crippen LogP contribution in [0.15, 0.2) is 0 Å². The summed E-state index contributed by atoms with van der Waals surface area (Å²) in [5.74, 6) is 1.93. The minimum Gasteiger partial charge on any atom is -0.0654 e. The molecule has 2 atom stereocenters. The number of hydrogen-bond acceptors (Lipinski definition) is 0. The molecule has 0 heteroatoms. The fourth-order valence-electron chi connectivity index (χ4n) is 6.83. The Morgan fingerprint density at radius 2 is 0.366 bits per heavy atom. The molecular formula is C41H84. The first-order valence-electron chi connectivity index (χ1n) is 20.2. The first kappa shape index (κ1) is 41.0. The van der Waals surface area contributed by atoms with Crippen molar-refractivity contribution in [1.29, 1.82) is 0 Å². The number of hydrogen-bond donors (Lipinski definition) is 0. The third kappa shape index (κ3) is 36.1. The first-order valence-corrected chi connectivity index (χ1v) is 20.2. The molecule has 0 radical (unpaired) electrons. The smallest absolute Gasteiger partial charge is 0.0443 e. The molecule has 0 saturated carbocycles. The van der Waals surface area contributed by atoms with Crippen LogP contribution < -0.4 is 0 Å². The van der Waals surface area contributed by atoms with Crippen LogP contribution in [0.2, 0.25) is 0 Å². The van der Waals surface area contributed by atoms with Crippen LogP contribution in [-0.4, -0.2) is 0 Å². The molecule has 0 aromatic rings. The van der Waals surface area contributed by atoms with E-state index in [0.29, 0.717) is 0 Å². The lowest BCUT2D eigenvalue weighted by atomic mass is 9.95. The molecule has 0 rings (SSSR count). The van der Waals surface area contributed by atoms with Crippen molar-refractivity contribution in [2.24, 2.45) is 11.8 Å². The minimum absolute atomic E-state index is 0.964. The van der Waals surface area contributed by atoms with Crippen LogP contribution in [-0.2, 0) is 0 Å². The van der Waals surface area contributed by atoms with Gasteiger partial charge in [-0.1, -0.05) is 252 Å². The van der Waals surface area contributed by atoms with E-state index in [4.69, 9.17) is 0 Å². The van der Waals surface area contributed by atoms with Crippen molar-refractivity contribution in [3.05, 3.63) is 0 Å². The van der Waals surface area contributed by atoms with Gasteiger partial charge in [-0.05, 0) is 11.8 Å². The predicted molar refractivity (Wildman–Crippen MR) is 191 cm³/mol. The Balaban J connectivity index is 3.22. The zero-order chi connectivity index (χ0) is 29.9. The van der Waals surface area contributed by atoms with E-state index in [2.05, 4.69) is 27.7 Å². The van der Waals surface area contributed by atoms with Gasteiger partial charge >= 0.3 is 0 Å². The van der Waals surface area contributed by atoms with Crippen molar-refractivity contribution < 1.29 is 0 Å². The van der Waals surface area contributed by atoms with Crippen molar-refractivity contribution in [1.82, 2.24) is 0 Å². The average molecular weight is 577 g/mol. The van der Waals surface area contributed by atoms with Crippen molar-refractivity contribution >= 4 is 0 Å². The maximum atomic E-state index is 2.51. The Hall–Kier alpha value is 0. The molecule has 0 aliphatic heterocycles. The van der Waals surface area contributed by atoms with E-state index in [1.807, 2.05) is 0 Å². The second kappa shape index (κ2) is 36.2. The van der Waals surface area contributed by atoms with Gasteiger partial charge in [0.25, 0.3) is 0 Å². The molecule has 0 aromatic carbocycles. The second-order valence-corrected chi connectivity index (χ2v) is 14.6. The normalized spacial score (nSPS) is 13.2. The summed E-state index contributed by atoms with van der Waals surface area (Å²) >= 11 is 0. The molecule has 0 N–H and O–H groups in total. The fraction of sp³-hybridized carbons (Fsp3) is 1.00. The van der Waals surface area contributed by atoms with Gasteiger partial charge in [-0.25, -0.2) is 0 Å². The zero-order valence-corrected chi connectivity index (χ0v) is 29.9. The van der Waals surface area contributed by atoms with Gasteiger partial charge in [0.1, 0.15) is 0 Å². The monoisotopic (exact) mass is 577 g/mol. The molecule has 0 nitrogen and oxygen atoms in total. The largest absolute Gasteiger partial charge is 0.0654 e. The summed E-state index contributed by atoms with van der Waals surface area (Å²) in [6.45, 7) is 9.64. The Bertz CT molecular complexity index is 439. The highest BCUT2D eigenvalue weighted by atomic mass is 14.1. The zero-order valence-electron chi connectivity index (χ0n) is 29.9. The lowest BCUT2D eigenvalue weighted by molar-refractivity contribution is 0.425. The molecule has 0 heterocycles. The highest BCUT2D eigenvalue weighted by Gasteiger charge is 2.04. The van der Waals surface area contributed by atoms with Gasteiger partial charge in [-0.2, -0.15) is 0 Å². The number of unbranched alkanes of at least 4 members (excludes halogenated alkanes) is 28. The fourth-order valence-corrected chi connectivity index (χ4v) is 6.83. The molecule has 41 heavy (non-hydrogen) atoms. The van der Waals surface area contributed by atoms with Gasteiger partial charge in [-0.15, -0.1) is 0 Å². The van der Waals surface area contributed by atoms with Crippen LogP contribution in [0.5, 0.6) is 0 Å². The van der Waals surface area contributed by atoms with E-state index in [-0.39, 0.29) is 0 Å². The molecule has 2 unspecified atom stereocenters. The van der Waals surface area contributed by atoms with Crippen molar-refractivity contribution in [3.8, 4) is 0 Å². The van der Waals surface area contributed by atoms with Crippen molar-refractivity contribution in [3.63, 3.8) is 0 Å². The number of rotatable bonds is 36. The lowest BCUT2D eigenvalue weighted by Crippen LogP contribution is -1.95. The minimum atomic E-state index is 0.964. The highest BCUT2D eigenvalue weighted by molar-refractivity contribution is 4.58. The summed E-state index contributed by atoms with van der Waals surface area (Å²) in [5, 5.41) is 0. The van der Waals surface area contributed by atoms with Gasteiger partial charge < -0.3 is 0 Å². The van der Waals surface area contributed by atoms with E-state index in [0.717, 1.165) is 11.8 Å². The molecule has 0 saturated heterocycles. The molecule has 0 fully saturated rings. The van der Waals surface area contributed by atoms with Gasteiger partial charge in [0, 0.05) is 0 Å². The van der Waals surface area contributed by atoms with Gasteiger partial charge in [0.2, 0.25) is 0 Å². The Morgan fingerprint density at radius 1 is 0.220 bits per heavy atom. The van der Waals surface area contributed by atoms with E-state index in [9.17, 15) is 0 Å². The SMILES string of the molecule is CCCCCCCCCCCCCCC(C)CCCCCCCCCCCC(C)CCCCCCCCCCCC. The summed E-state index contributed by atoms with van der Waals surface area (Å²) in [4.78, 5) is 0. The maximum absolute atomic E-state index is 2.51. The Kier molecular flexibility index (Phi) is 36.2. The average Bonchev–Trinajstić information content (AvgIpc) is 2.97. The predicted octanol–water partition coefficient (Wildman–Crippen LogP) is 16.0. The summed E-state index contributed by atoms with van der Waals surface area (Å²) in [6.07, 6.45) is 51.6. The molecule has 0 bridgehead atoms. The maximum Gasteiger partial charge on any atom is -0.0443 e. The van der Waals surface area contributed by atoms with Crippen LogP contribution in [0.3, 0.4) is 0 Å². The summed E-state index contributed by atoms with van der Waals surface area (Å²) in [6, 6.07) is 0. The standard InChI is InChI=1S/C41H84/c1-5-7-9-11-13-15-17-18-21-25-29-33-37-41(4)39-35-31-27-23-19-22-26-30-34-38-40(3)36-32-28-24-20-16-14-12-10-8-6-2/h40-41H,5-39H2,1-4H3. The third-order valence-corrected chi connectivity index (χ3v) is 9.99. The van der Waals surface area contributed by atoms with Crippen LogP contribution in [0.1, 0.15) is 252 Å². The van der Waals surface area contributed by atoms with Gasteiger partial charge in [-0.3, -0.25) is 0 Å². The summed E-state index contributed by atoms with van der Waals surface area (Å²) in [5.41, 5.74) is 0. The van der Waals surface area contributed by atoms with Crippen LogP contribution in [0.25, 0.3) is 0 Å². The molecular weight excluding hydrogens is 492 g/mol. The Morgan fingerprint density at radius 3 is 0.537 bits per heavy atom. The third-order valence-electron chi connectivity index (χ3n) is 9.99. The molecule has 0 amide bonds. The van der Waals surface area contributed by atoms with Crippen LogP contribution >= 0.6 is 0 Å². The molecule has 0 aliphatic rings. The summed E-state index contributed by atoms with van der Waals surface area (Å²) < 4.78 is 0. The quantitative estimate of drug-likeness (QED) is 0.0651. The lowest BCUT2D eigenvalue weighted by Gasteiger charge is -2.11. The van der Waals surface area contributed by atoms with Crippen LogP contribution in [0.4, 0.5) is 0 Å². The van der Waals surface area contributed by atoms with Crippen molar-refractivity contribution in [2.75, 3.05) is 0 Å². The topological polar surface area (TPSA) is 0 Å². The van der Waals surface area contributed by atoms with E-state index >= 15 is 0 Å². The molecule has 248 valence electrons. The molecule has 0 spiro atoms. The van der Waals surface area contributed by atoms with Gasteiger partial charge in [0.05, 0.1) is 0 Å². The highest BCUT2D eigenvalue weighted by Crippen LogP contribution is 2.21. The van der Waals surface area contributed by atoms with Crippen LogP contribution in [0, 0.1) is 11.8 Å².